The number of nitrogens with one attached hydrogen (secondary N) is 1. The Bertz CT molecular complexity index is 774. The first-order valence-corrected chi connectivity index (χ1v) is 7.29. The molecule has 0 bridgehead atoms. The fraction of sp³-hybridized carbons (Fsp3) is 0.286. The monoisotopic (exact) mass is 319 g/mol. The number of carbonyl (C=O) groups is 1. The van der Waals surface area contributed by atoms with Gasteiger partial charge >= 0.3 is 5.97 Å². The van der Waals surface area contributed by atoms with Crippen molar-refractivity contribution in [3.8, 4) is 17.5 Å². The third-order valence-corrected chi connectivity index (χ3v) is 4.27. The molecule has 2 aromatic rings. The molecule has 8 heteroatoms. The van der Waals surface area contributed by atoms with E-state index in [-0.39, 0.29) is 28.1 Å². The third kappa shape index (κ3) is 3.20. The van der Waals surface area contributed by atoms with E-state index < -0.39 is 16.8 Å². The summed E-state index contributed by atoms with van der Waals surface area (Å²) in [4.78, 5) is 29.9. The second kappa shape index (κ2) is 6.49. The smallest absolute Gasteiger partial charge is 0.317 e. The number of H-pyrrole nitrogens is 1. The van der Waals surface area contributed by atoms with Gasteiger partial charge in [-0.3, -0.25) is 9.59 Å². The van der Waals surface area contributed by atoms with Crippen molar-refractivity contribution >= 4 is 17.7 Å². The maximum Gasteiger partial charge on any atom is 0.317 e. The van der Waals surface area contributed by atoms with Crippen molar-refractivity contribution in [3.63, 3.8) is 0 Å². The van der Waals surface area contributed by atoms with E-state index in [9.17, 15) is 14.7 Å². The number of nitrogens with zero attached hydrogens (tertiary/aromatic N) is 2. The standard InChI is InChI=1S/C14H13N3O4S/c1-7(2)11(13(19)20)22-14-16-10(9-4-3-5-21-9)8(6-15)12(18)17-14/h3-5,7,11H,1-2H3,(H,19,20)(H,16,17,18). The van der Waals surface area contributed by atoms with Crippen molar-refractivity contribution in [2.24, 2.45) is 5.92 Å². The number of furan rings is 1. The van der Waals surface area contributed by atoms with E-state index in [1.165, 1.54) is 6.26 Å². The Morgan fingerprint density at radius 3 is 2.77 bits per heavy atom. The Kier molecular flexibility index (Phi) is 4.68. The van der Waals surface area contributed by atoms with E-state index in [2.05, 4.69) is 9.97 Å². The lowest BCUT2D eigenvalue weighted by molar-refractivity contribution is -0.137. The molecule has 0 saturated carbocycles. The van der Waals surface area contributed by atoms with Crippen molar-refractivity contribution in [2.75, 3.05) is 0 Å². The fourth-order valence-corrected chi connectivity index (χ4v) is 2.70. The van der Waals surface area contributed by atoms with Crippen molar-refractivity contribution in [2.45, 2.75) is 24.3 Å². The van der Waals surface area contributed by atoms with Crippen LogP contribution in [0.4, 0.5) is 0 Å². The van der Waals surface area contributed by atoms with Crippen LogP contribution in [0.15, 0.2) is 32.8 Å². The van der Waals surface area contributed by atoms with Crippen LogP contribution >= 0.6 is 11.8 Å². The van der Waals surface area contributed by atoms with Gasteiger partial charge in [0.15, 0.2) is 10.9 Å². The average molecular weight is 319 g/mol. The lowest BCUT2D eigenvalue weighted by Gasteiger charge is -2.15. The highest BCUT2D eigenvalue weighted by Crippen LogP contribution is 2.27. The molecule has 0 radical (unpaired) electrons. The molecule has 1 atom stereocenters. The SMILES string of the molecule is CC(C)C(Sc1nc(-c2ccco2)c(C#N)c(=O)[nH]1)C(=O)O. The number of carboxylic acids is 1. The van der Waals surface area contributed by atoms with E-state index in [0.29, 0.717) is 0 Å². The minimum atomic E-state index is -0.994. The van der Waals surface area contributed by atoms with Gasteiger partial charge < -0.3 is 14.5 Å². The van der Waals surface area contributed by atoms with Crippen LogP contribution in [-0.4, -0.2) is 26.3 Å². The predicted molar refractivity (Wildman–Crippen MR) is 79.4 cm³/mol. The molecule has 0 fully saturated rings. The van der Waals surface area contributed by atoms with E-state index in [4.69, 9.17) is 9.68 Å². The largest absolute Gasteiger partial charge is 0.480 e. The second-order valence-corrected chi connectivity index (χ2v) is 5.93. The highest BCUT2D eigenvalue weighted by molar-refractivity contribution is 8.00. The number of aliphatic carboxylic acids is 1. The Morgan fingerprint density at radius 2 is 2.27 bits per heavy atom. The molecule has 7 nitrogen and oxygen atoms in total. The van der Waals surface area contributed by atoms with Crippen LogP contribution in [-0.2, 0) is 4.79 Å². The first-order chi connectivity index (χ1) is 10.4. The molecule has 114 valence electrons. The predicted octanol–water partition coefficient (Wildman–Crippen LogP) is 2.10. The molecule has 2 heterocycles. The number of aromatic amines is 1. The Balaban J connectivity index is 2.49. The quantitative estimate of drug-likeness (QED) is 0.639. The van der Waals surface area contributed by atoms with Crippen molar-refractivity contribution in [1.29, 1.82) is 5.26 Å². The minimum Gasteiger partial charge on any atom is -0.480 e. The summed E-state index contributed by atoms with van der Waals surface area (Å²) in [7, 11) is 0. The number of rotatable bonds is 5. The molecule has 2 aromatic heterocycles. The normalized spacial score (nSPS) is 12.1. The molecule has 0 saturated heterocycles. The summed E-state index contributed by atoms with van der Waals surface area (Å²) in [5.74, 6) is -0.872. The molecule has 1 unspecified atom stereocenters. The topological polar surface area (TPSA) is 120 Å². The molecule has 0 amide bonds. The second-order valence-electron chi connectivity index (χ2n) is 4.80. The maximum absolute atomic E-state index is 12.0. The van der Waals surface area contributed by atoms with Gasteiger partial charge in [-0.1, -0.05) is 25.6 Å². The van der Waals surface area contributed by atoms with E-state index >= 15 is 0 Å². The Hall–Kier alpha value is -2.53. The fourth-order valence-electron chi connectivity index (χ4n) is 1.80. The summed E-state index contributed by atoms with van der Waals surface area (Å²) < 4.78 is 5.18. The van der Waals surface area contributed by atoms with Crippen molar-refractivity contribution in [3.05, 3.63) is 34.3 Å². The number of hydrogen-bond acceptors (Lipinski definition) is 6. The van der Waals surface area contributed by atoms with Gasteiger partial charge in [-0.2, -0.15) is 5.26 Å². The van der Waals surface area contributed by atoms with Gasteiger partial charge in [0, 0.05) is 0 Å². The average Bonchev–Trinajstić information content (AvgIpc) is 2.97. The van der Waals surface area contributed by atoms with Crippen LogP contribution in [0.2, 0.25) is 0 Å². The number of aromatic nitrogens is 2. The van der Waals surface area contributed by atoms with Crippen LogP contribution in [0.25, 0.3) is 11.5 Å². The first-order valence-electron chi connectivity index (χ1n) is 6.41. The van der Waals surface area contributed by atoms with Gasteiger partial charge in [0.2, 0.25) is 0 Å². The highest BCUT2D eigenvalue weighted by atomic mass is 32.2. The number of hydrogen-bond donors (Lipinski definition) is 2. The molecule has 22 heavy (non-hydrogen) atoms. The van der Waals surface area contributed by atoms with Gasteiger partial charge in [0.05, 0.1) is 6.26 Å². The minimum absolute atomic E-state index is 0.103. The summed E-state index contributed by atoms with van der Waals surface area (Å²) in [5, 5.41) is 17.7. The molecule has 0 aliphatic rings. The van der Waals surface area contributed by atoms with Gasteiger partial charge in [0.25, 0.3) is 5.56 Å². The zero-order valence-electron chi connectivity index (χ0n) is 11.9. The van der Waals surface area contributed by atoms with Crippen LogP contribution in [0, 0.1) is 17.2 Å². The Labute approximate surface area is 130 Å². The van der Waals surface area contributed by atoms with Crippen LogP contribution in [0.3, 0.4) is 0 Å². The van der Waals surface area contributed by atoms with E-state index in [1.54, 1.807) is 32.0 Å². The maximum atomic E-state index is 12.0. The molecular weight excluding hydrogens is 306 g/mol. The summed E-state index contributed by atoms with van der Waals surface area (Å²) in [6.45, 7) is 3.53. The first kappa shape index (κ1) is 15.9. The highest BCUT2D eigenvalue weighted by Gasteiger charge is 2.25. The molecule has 0 aromatic carbocycles. The zero-order valence-corrected chi connectivity index (χ0v) is 12.7. The zero-order chi connectivity index (χ0) is 16.3. The number of nitriles is 1. The molecule has 0 aliphatic carbocycles. The van der Waals surface area contributed by atoms with Crippen LogP contribution < -0.4 is 5.56 Å². The third-order valence-electron chi connectivity index (χ3n) is 2.85. The molecule has 2 rings (SSSR count). The van der Waals surface area contributed by atoms with Gasteiger partial charge in [-0.05, 0) is 18.1 Å². The van der Waals surface area contributed by atoms with Crippen LogP contribution in [0.1, 0.15) is 19.4 Å². The van der Waals surface area contributed by atoms with E-state index in [0.717, 1.165) is 11.8 Å². The van der Waals surface area contributed by atoms with Crippen molar-refractivity contribution < 1.29 is 14.3 Å². The van der Waals surface area contributed by atoms with Crippen LogP contribution in [0.5, 0.6) is 0 Å². The Morgan fingerprint density at radius 1 is 1.55 bits per heavy atom. The van der Waals surface area contributed by atoms with Gasteiger partial charge in [-0.15, -0.1) is 0 Å². The summed E-state index contributed by atoms with van der Waals surface area (Å²) in [6, 6.07) is 4.98. The number of carboxylic acid groups (broad SMARTS) is 1. The van der Waals surface area contributed by atoms with Crippen molar-refractivity contribution in [1.82, 2.24) is 9.97 Å². The van der Waals surface area contributed by atoms with Gasteiger partial charge in [0.1, 0.15) is 22.6 Å². The molecule has 2 N–H and O–H groups in total. The summed E-state index contributed by atoms with van der Waals surface area (Å²) in [5.41, 5.74) is -0.693. The van der Waals surface area contributed by atoms with Gasteiger partial charge in [-0.25, -0.2) is 4.98 Å². The van der Waals surface area contributed by atoms with E-state index in [1.807, 2.05) is 0 Å². The lowest BCUT2D eigenvalue weighted by atomic mass is 10.1. The molecule has 0 spiro atoms. The molecule has 0 aliphatic heterocycles. The lowest BCUT2D eigenvalue weighted by Crippen LogP contribution is -2.24. The summed E-state index contributed by atoms with van der Waals surface area (Å²) in [6.07, 6.45) is 1.40. The number of thioether (sulfide) groups is 1. The molecular formula is C14H13N3O4S. The summed E-state index contributed by atoms with van der Waals surface area (Å²) >= 11 is 0.932.